The van der Waals surface area contributed by atoms with Crippen LogP contribution in [0.1, 0.15) is 12.5 Å². The molecule has 0 aliphatic rings. The van der Waals surface area contributed by atoms with Crippen molar-refractivity contribution < 1.29 is 14.3 Å². The number of nitrogens with one attached hydrogen (secondary N) is 1. The Morgan fingerprint density at radius 1 is 1.47 bits per heavy atom. The van der Waals surface area contributed by atoms with Crippen LogP contribution in [-0.4, -0.2) is 37.1 Å². The number of ether oxygens (including phenoxy) is 1. The molecule has 1 rings (SSSR count). The molecule has 19 heavy (non-hydrogen) atoms. The average molecular weight is 261 g/mol. The van der Waals surface area contributed by atoms with Crippen LogP contribution in [-0.2, 0) is 9.53 Å². The number of hydrogen-bond donors (Lipinski definition) is 1. The Morgan fingerprint density at radius 3 is 2.79 bits per heavy atom. The Bertz CT molecular complexity index is 508. The molecule has 0 radical (unpaired) electrons. The minimum Gasteiger partial charge on any atom is -0.468 e. The van der Waals surface area contributed by atoms with Crippen LogP contribution < -0.4 is 5.32 Å². The van der Waals surface area contributed by atoms with E-state index in [-0.39, 0.29) is 6.54 Å². The Kier molecular flexibility index (Phi) is 5.35. The first-order valence-electron chi connectivity index (χ1n) is 5.73. The minimum atomic E-state index is -0.484. The molecule has 0 saturated carbocycles. The van der Waals surface area contributed by atoms with Crippen molar-refractivity contribution in [1.29, 1.82) is 5.26 Å². The molecule has 0 spiro atoms. The number of hydrogen-bond acceptors (Lipinski definition) is 4. The zero-order valence-electron chi connectivity index (χ0n) is 10.8. The molecule has 0 aliphatic heterocycles. The lowest BCUT2D eigenvalue weighted by molar-refractivity contribution is -0.141. The van der Waals surface area contributed by atoms with Crippen molar-refractivity contribution in [2.75, 3.05) is 25.5 Å². The van der Waals surface area contributed by atoms with E-state index >= 15 is 0 Å². The molecule has 1 aromatic rings. The molecular formula is C13H15N3O3. The van der Waals surface area contributed by atoms with Crippen molar-refractivity contribution in [3.8, 4) is 6.07 Å². The van der Waals surface area contributed by atoms with Crippen molar-refractivity contribution >= 4 is 17.7 Å². The average Bonchev–Trinajstić information content (AvgIpc) is 2.44. The number of amides is 2. The van der Waals surface area contributed by atoms with Crippen LogP contribution >= 0.6 is 0 Å². The quantitative estimate of drug-likeness (QED) is 0.834. The van der Waals surface area contributed by atoms with Crippen LogP contribution in [0.15, 0.2) is 24.3 Å². The van der Waals surface area contributed by atoms with Gasteiger partial charge in [0.2, 0.25) is 0 Å². The fourth-order valence-electron chi connectivity index (χ4n) is 1.42. The second-order valence-electron chi connectivity index (χ2n) is 3.71. The summed E-state index contributed by atoms with van der Waals surface area (Å²) >= 11 is 0. The van der Waals surface area contributed by atoms with Gasteiger partial charge in [-0.3, -0.25) is 4.79 Å². The van der Waals surface area contributed by atoms with E-state index in [1.54, 1.807) is 31.2 Å². The monoisotopic (exact) mass is 261 g/mol. The Labute approximate surface area is 111 Å². The number of nitriles is 1. The molecule has 0 unspecified atom stereocenters. The number of rotatable bonds is 4. The molecule has 6 nitrogen and oxygen atoms in total. The highest BCUT2D eigenvalue weighted by Gasteiger charge is 2.15. The molecule has 0 aromatic heterocycles. The Morgan fingerprint density at radius 2 is 2.21 bits per heavy atom. The number of anilines is 1. The van der Waals surface area contributed by atoms with Crippen molar-refractivity contribution in [1.82, 2.24) is 4.90 Å². The largest absolute Gasteiger partial charge is 0.468 e. The van der Waals surface area contributed by atoms with Crippen molar-refractivity contribution in [2.45, 2.75) is 6.92 Å². The minimum absolute atomic E-state index is 0.114. The van der Waals surface area contributed by atoms with Crippen molar-refractivity contribution in [3.63, 3.8) is 0 Å². The van der Waals surface area contributed by atoms with Crippen LogP contribution in [0.2, 0.25) is 0 Å². The van der Waals surface area contributed by atoms with Gasteiger partial charge in [0.25, 0.3) is 0 Å². The molecule has 6 heteroatoms. The highest BCUT2D eigenvalue weighted by Crippen LogP contribution is 2.10. The van der Waals surface area contributed by atoms with Gasteiger partial charge in [0.15, 0.2) is 0 Å². The van der Waals surface area contributed by atoms with Gasteiger partial charge >= 0.3 is 12.0 Å². The third-order valence-corrected chi connectivity index (χ3v) is 2.46. The third-order valence-electron chi connectivity index (χ3n) is 2.46. The highest BCUT2D eigenvalue weighted by atomic mass is 16.5. The molecule has 100 valence electrons. The third kappa shape index (κ3) is 4.32. The van der Waals surface area contributed by atoms with E-state index in [2.05, 4.69) is 10.1 Å². The van der Waals surface area contributed by atoms with E-state index in [0.29, 0.717) is 17.8 Å². The van der Waals surface area contributed by atoms with E-state index in [9.17, 15) is 9.59 Å². The zero-order valence-corrected chi connectivity index (χ0v) is 10.8. The number of urea groups is 1. The molecule has 0 heterocycles. The van der Waals surface area contributed by atoms with Crippen molar-refractivity contribution in [3.05, 3.63) is 29.8 Å². The van der Waals surface area contributed by atoms with Gasteiger partial charge in [-0.2, -0.15) is 5.26 Å². The maximum absolute atomic E-state index is 11.9. The van der Waals surface area contributed by atoms with Gasteiger partial charge < -0.3 is 15.0 Å². The number of methoxy groups -OCH3 is 1. The van der Waals surface area contributed by atoms with Crippen LogP contribution in [0.5, 0.6) is 0 Å². The van der Waals surface area contributed by atoms with Gasteiger partial charge in [-0.05, 0) is 25.1 Å². The maximum Gasteiger partial charge on any atom is 0.325 e. The summed E-state index contributed by atoms with van der Waals surface area (Å²) in [5.41, 5.74) is 0.959. The molecule has 2 amide bonds. The topological polar surface area (TPSA) is 82.4 Å². The normalized spacial score (nSPS) is 9.32. The highest BCUT2D eigenvalue weighted by molar-refractivity contribution is 5.91. The predicted octanol–water partition coefficient (Wildman–Crippen LogP) is 1.59. The fourth-order valence-corrected chi connectivity index (χ4v) is 1.42. The second-order valence-corrected chi connectivity index (χ2v) is 3.71. The summed E-state index contributed by atoms with van der Waals surface area (Å²) in [6.45, 7) is 2.02. The van der Waals surface area contributed by atoms with Gasteiger partial charge in [0.05, 0.1) is 18.7 Å². The van der Waals surface area contributed by atoms with E-state index in [1.165, 1.54) is 12.0 Å². The summed E-state index contributed by atoms with van der Waals surface area (Å²) in [6, 6.07) is 8.11. The van der Waals surface area contributed by atoms with E-state index in [0.717, 1.165) is 0 Å². The lowest BCUT2D eigenvalue weighted by Crippen LogP contribution is -2.39. The zero-order chi connectivity index (χ0) is 14.3. The fraction of sp³-hybridized carbons (Fsp3) is 0.308. The van der Waals surface area contributed by atoms with E-state index in [1.807, 2.05) is 6.07 Å². The van der Waals surface area contributed by atoms with Crippen LogP contribution in [0, 0.1) is 11.3 Å². The summed E-state index contributed by atoms with van der Waals surface area (Å²) in [7, 11) is 1.27. The molecule has 0 aliphatic carbocycles. The SMILES string of the molecule is CCN(CC(=O)OC)C(=O)Nc1cccc(C#N)c1. The van der Waals surface area contributed by atoms with Crippen LogP contribution in [0.3, 0.4) is 0 Å². The molecule has 0 saturated heterocycles. The molecule has 0 bridgehead atoms. The van der Waals surface area contributed by atoms with Crippen LogP contribution in [0.4, 0.5) is 10.5 Å². The van der Waals surface area contributed by atoms with Crippen LogP contribution in [0.25, 0.3) is 0 Å². The molecule has 0 fully saturated rings. The number of esters is 1. The molecular weight excluding hydrogens is 246 g/mol. The summed E-state index contributed by atoms with van der Waals surface area (Å²) in [6.07, 6.45) is 0. The smallest absolute Gasteiger partial charge is 0.325 e. The lowest BCUT2D eigenvalue weighted by Gasteiger charge is -2.19. The predicted molar refractivity (Wildman–Crippen MR) is 69.4 cm³/mol. The van der Waals surface area contributed by atoms with Gasteiger partial charge in [-0.15, -0.1) is 0 Å². The van der Waals surface area contributed by atoms with E-state index < -0.39 is 12.0 Å². The van der Waals surface area contributed by atoms with Crippen molar-refractivity contribution in [2.24, 2.45) is 0 Å². The summed E-state index contributed by atoms with van der Waals surface area (Å²) in [5.74, 6) is -0.484. The first kappa shape index (κ1) is 14.5. The first-order chi connectivity index (χ1) is 9.10. The summed E-state index contributed by atoms with van der Waals surface area (Å²) in [5, 5.41) is 11.4. The van der Waals surface area contributed by atoms with Gasteiger partial charge in [-0.1, -0.05) is 6.07 Å². The van der Waals surface area contributed by atoms with E-state index in [4.69, 9.17) is 5.26 Å². The number of carbonyl (C=O) groups is 2. The Balaban J connectivity index is 2.71. The number of likely N-dealkylation sites (N-methyl/N-ethyl adjacent to an activating group) is 1. The number of carbonyl (C=O) groups excluding carboxylic acids is 2. The Hall–Kier alpha value is -2.55. The summed E-state index contributed by atoms with van der Waals surface area (Å²) in [4.78, 5) is 24.4. The van der Waals surface area contributed by atoms with Gasteiger partial charge in [0.1, 0.15) is 6.54 Å². The lowest BCUT2D eigenvalue weighted by atomic mass is 10.2. The first-order valence-corrected chi connectivity index (χ1v) is 5.73. The standard InChI is InChI=1S/C13H15N3O3/c1-3-16(9-12(17)19-2)13(18)15-11-6-4-5-10(7-11)8-14/h4-7H,3,9H2,1-2H3,(H,15,18). The number of benzene rings is 1. The number of nitrogens with zero attached hydrogens (tertiary/aromatic N) is 2. The molecule has 1 N–H and O–H groups in total. The molecule has 1 aromatic carbocycles. The maximum atomic E-state index is 11.9. The van der Waals surface area contributed by atoms with Gasteiger partial charge in [0, 0.05) is 12.2 Å². The van der Waals surface area contributed by atoms with Gasteiger partial charge in [-0.25, -0.2) is 4.79 Å². The summed E-state index contributed by atoms with van der Waals surface area (Å²) < 4.78 is 4.52. The molecule has 0 atom stereocenters. The second kappa shape index (κ2) is 7.01.